The molecule has 1 amide bonds. The Hall–Kier alpha value is -2.10. The smallest absolute Gasteiger partial charge is 0.271 e. The number of benzene rings is 1. The first-order chi connectivity index (χ1) is 9.85. The van der Waals surface area contributed by atoms with Gasteiger partial charge in [0.25, 0.3) is 5.91 Å². The highest BCUT2D eigenvalue weighted by Gasteiger charge is 2.30. The van der Waals surface area contributed by atoms with E-state index in [4.69, 9.17) is 0 Å². The first-order valence-corrected chi connectivity index (χ1v) is 7.30. The molecule has 1 aromatic carbocycles. The normalized spacial score (nSPS) is 17.0. The van der Waals surface area contributed by atoms with Crippen molar-refractivity contribution >= 4 is 5.91 Å². The van der Waals surface area contributed by atoms with Gasteiger partial charge >= 0.3 is 0 Å². The molecule has 0 spiro atoms. The highest BCUT2D eigenvalue weighted by atomic mass is 16.1. The van der Waals surface area contributed by atoms with Gasteiger partial charge in [-0.15, -0.1) is 0 Å². The second-order valence-electron chi connectivity index (χ2n) is 6.75. The van der Waals surface area contributed by atoms with E-state index < -0.39 is 0 Å². The molecule has 2 heterocycles. The Balaban J connectivity index is 2.10. The van der Waals surface area contributed by atoms with E-state index in [-0.39, 0.29) is 11.3 Å². The van der Waals surface area contributed by atoms with Crippen LogP contribution in [0.4, 0.5) is 0 Å². The summed E-state index contributed by atoms with van der Waals surface area (Å²) in [6.45, 7) is 9.11. The van der Waals surface area contributed by atoms with Gasteiger partial charge in [-0.3, -0.25) is 4.79 Å². The van der Waals surface area contributed by atoms with E-state index in [9.17, 15) is 4.79 Å². The minimum absolute atomic E-state index is 0.0341. The molecule has 21 heavy (non-hydrogen) atoms. The summed E-state index contributed by atoms with van der Waals surface area (Å²) in [5, 5.41) is 2.96. The van der Waals surface area contributed by atoms with Crippen molar-refractivity contribution in [2.75, 3.05) is 6.54 Å². The third kappa shape index (κ3) is 2.58. The van der Waals surface area contributed by atoms with E-state index in [1.807, 2.05) is 0 Å². The van der Waals surface area contributed by atoms with E-state index in [1.165, 1.54) is 5.56 Å². The molecule has 0 radical (unpaired) electrons. The van der Waals surface area contributed by atoms with Crippen molar-refractivity contribution in [2.45, 2.75) is 34.1 Å². The molecular weight excluding hydrogens is 262 g/mol. The Bertz CT molecular complexity index is 713. The van der Waals surface area contributed by atoms with E-state index in [2.05, 4.69) is 61.2 Å². The molecule has 1 aliphatic rings. The number of carbonyl (C=O) groups excluding carboxylic acids is 1. The second kappa shape index (κ2) is 4.72. The molecule has 0 aliphatic carbocycles. The fourth-order valence-corrected chi connectivity index (χ4v) is 2.79. The van der Waals surface area contributed by atoms with Crippen molar-refractivity contribution < 1.29 is 4.79 Å². The van der Waals surface area contributed by atoms with Gasteiger partial charge in [0.15, 0.2) is 0 Å². The number of imidazole rings is 1. The van der Waals surface area contributed by atoms with Crippen LogP contribution in [-0.2, 0) is 6.42 Å². The molecule has 110 valence electrons. The van der Waals surface area contributed by atoms with Gasteiger partial charge in [0.05, 0.1) is 0 Å². The average molecular weight is 283 g/mol. The second-order valence-corrected chi connectivity index (χ2v) is 6.75. The number of hydrogen-bond acceptors (Lipinski definition) is 2. The topological polar surface area (TPSA) is 57.8 Å². The fraction of sp³-hybridized carbons (Fsp3) is 0.412. The highest BCUT2D eigenvalue weighted by Crippen LogP contribution is 2.29. The predicted octanol–water partition coefficient (Wildman–Crippen LogP) is 3.01. The summed E-state index contributed by atoms with van der Waals surface area (Å²) < 4.78 is 0. The number of amides is 1. The van der Waals surface area contributed by atoms with Gasteiger partial charge in [0, 0.05) is 17.8 Å². The molecule has 2 N–H and O–H groups in total. The zero-order chi connectivity index (χ0) is 15.2. The maximum atomic E-state index is 12.2. The highest BCUT2D eigenvalue weighted by molar-refractivity contribution is 5.94. The monoisotopic (exact) mass is 283 g/mol. The lowest BCUT2D eigenvalue weighted by Gasteiger charge is -2.21. The van der Waals surface area contributed by atoms with Crippen LogP contribution in [0, 0.1) is 19.3 Å². The number of aryl methyl sites for hydroxylation is 2. The minimum Gasteiger partial charge on any atom is -0.350 e. The summed E-state index contributed by atoms with van der Waals surface area (Å²) in [5.74, 6) is 0.706. The van der Waals surface area contributed by atoms with Crippen molar-refractivity contribution in [1.29, 1.82) is 0 Å². The molecule has 0 bridgehead atoms. The number of H-pyrrole nitrogens is 1. The van der Waals surface area contributed by atoms with Crippen LogP contribution in [0.3, 0.4) is 0 Å². The molecule has 0 unspecified atom stereocenters. The van der Waals surface area contributed by atoms with Gasteiger partial charge in [-0.1, -0.05) is 31.5 Å². The van der Waals surface area contributed by atoms with Crippen LogP contribution in [0.5, 0.6) is 0 Å². The summed E-state index contributed by atoms with van der Waals surface area (Å²) >= 11 is 0. The summed E-state index contributed by atoms with van der Waals surface area (Å²) in [7, 11) is 0. The van der Waals surface area contributed by atoms with Crippen LogP contribution in [0.15, 0.2) is 18.2 Å². The Morgan fingerprint density at radius 3 is 2.76 bits per heavy atom. The zero-order valence-corrected chi connectivity index (χ0v) is 13.0. The first kappa shape index (κ1) is 13.9. The quantitative estimate of drug-likeness (QED) is 0.845. The summed E-state index contributed by atoms with van der Waals surface area (Å²) in [5.41, 5.74) is 4.92. The largest absolute Gasteiger partial charge is 0.350 e. The number of fused-ring (bicyclic) bond motifs is 1. The van der Waals surface area contributed by atoms with Crippen molar-refractivity contribution in [3.05, 3.63) is 40.7 Å². The van der Waals surface area contributed by atoms with Gasteiger partial charge in [0.2, 0.25) is 0 Å². The van der Waals surface area contributed by atoms with Crippen molar-refractivity contribution in [1.82, 2.24) is 15.3 Å². The lowest BCUT2D eigenvalue weighted by atomic mass is 9.88. The van der Waals surface area contributed by atoms with Crippen LogP contribution < -0.4 is 5.32 Å². The van der Waals surface area contributed by atoms with Crippen molar-refractivity contribution in [2.24, 2.45) is 5.41 Å². The maximum Gasteiger partial charge on any atom is 0.271 e. The van der Waals surface area contributed by atoms with Gasteiger partial charge in [-0.2, -0.15) is 0 Å². The Morgan fingerprint density at radius 1 is 1.24 bits per heavy atom. The molecule has 1 aromatic heterocycles. The van der Waals surface area contributed by atoms with Crippen LogP contribution in [0.1, 0.15) is 41.2 Å². The minimum atomic E-state index is -0.0802. The number of carbonyl (C=O) groups is 1. The van der Waals surface area contributed by atoms with Crippen LogP contribution in [0.25, 0.3) is 11.4 Å². The van der Waals surface area contributed by atoms with Crippen molar-refractivity contribution in [3.63, 3.8) is 0 Å². The zero-order valence-electron chi connectivity index (χ0n) is 13.0. The molecule has 0 saturated carbocycles. The number of aromatic amines is 1. The molecular formula is C17H21N3O. The molecule has 3 rings (SSSR count). The number of nitrogens with zero attached hydrogens (tertiary/aromatic N) is 1. The van der Waals surface area contributed by atoms with E-state index in [0.717, 1.165) is 29.1 Å². The summed E-state index contributed by atoms with van der Waals surface area (Å²) in [6, 6.07) is 6.28. The predicted molar refractivity (Wildman–Crippen MR) is 83.3 cm³/mol. The number of nitrogens with one attached hydrogen (secondary N) is 2. The molecule has 1 aliphatic heterocycles. The third-order valence-electron chi connectivity index (χ3n) is 4.02. The fourth-order valence-electron chi connectivity index (χ4n) is 2.79. The van der Waals surface area contributed by atoms with Gasteiger partial charge in [-0.25, -0.2) is 4.98 Å². The lowest BCUT2D eigenvalue weighted by molar-refractivity contribution is 0.0940. The number of aromatic nitrogens is 2. The summed E-state index contributed by atoms with van der Waals surface area (Å²) in [6.07, 6.45) is 0.818. The Morgan fingerprint density at radius 2 is 2.00 bits per heavy atom. The van der Waals surface area contributed by atoms with Crippen LogP contribution in [0.2, 0.25) is 0 Å². The van der Waals surface area contributed by atoms with Gasteiger partial charge in [-0.05, 0) is 37.3 Å². The maximum absolute atomic E-state index is 12.2. The average Bonchev–Trinajstić information content (AvgIpc) is 2.77. The standard InChI is InChI=1S/C17H21N3O/c1-10-5-6-11(2)12(7-10)15-19-13-8-17(3,4)9-18-16(21)14(13)20-15/h5-7H,8-9H2,1-4H3,(H,18,21)(H,19,20). The third-order valence-corrected chi connectivity index (χ3v) is 4.02. The van der Waals surface area contributed by atoms with Gasteiger partial charge in [0.1, 0.15) is 11.5 Å². The molecule has 2 aromatic rings. The van der Waals surface area contributed by atoms with Crippen LogP contribution in [-0.4, -0.2) is 22.4 Å². The molecule has 4 nitrogen and oxygen atoms in total. The number of rotatable bonds is 1. The van der Waals surface area contributed by atoms with Gasteiger partial charge < -0.3 is 10.3 Å². The first-order valence-electron chi connectivity index (χ1n) is 7.30. The SMILES string of the molecule is Cc1ccc(C)c(-c2nc3c([nH]2)CC(C)(C)CNC3=O)c1. The Kier molecular flexibility index (Phi) is 3.12. The molecule has 0 atom stereocenters. The molecule has 0 fully saturated rings. The summed E-state index contributed by atoms with van der Waals surface area (Å²) in [4.78, 5) is 20.1. The van der Waals surface area contributed by atoms with E-state index in [1.54, 1.807) is 0 Å². The molecule has 4 heteroatoms. The van der Waals surface area contributed by atoms with E-state index in [0.29, 0.717) is 12.2 Å². The number of hydrogen-bond donors (Lipinski definition) is 2. The van der Waals surface area contributed by atoms with Crippen LogP contribution >= 0.6 is 0 Å². The lowest BCUT2D eigenvalue weighted by Crippen LogP contribution is -2.32. The van der Waals surface area contributed by atoms with Crippen molar-refractivity contribution in [3.8, 4) is 11.4 Å². The Labute approximate surface area is 125 Å². The van der Waals surface area contributed by atoms with E-state index >= 15 is 0 Å². The molecule has 0 saturated heterocycles.